The van der Waals surface area contributed by atoms with Crippen LogP contribution in [0.25, 0.3) is 0 Å². The maximum atomic E-state index is 5.69. The molecule has 0 atom stereocenters. The standard InChI is InChI=1S/C20H21N3O/c1-2-19(3-1)24-22-20(14-23-13-12-21-15-23)18-10-8-17(9-11-18)7-6-16-4-5-16/h8-13,15-16,19H,1-5,14H2/b22-20+. The average Bonchev–Trinajstić information content (AvgIpc) is 3.26. The molecule has 2 aliphatic carbocycles. The summed E-state index contributed by atoms with van der Waals surface area (Å²) in [5.74, 6) is 7.17. The summed E-state index contributed by atoms with van der Waals surface area (Å²) in [5, 5.41) is 4.44. The predicted molar refractivity (Wildman–Crippen MR) is 93.5 cm³/mol. The lowest BCUT2D eigenvalue weighted by atomic mass is 9.97. The average molecular weight is 319 g/mol. The molecule has 2 saturated carbocycles. The van der Waals surface area contributed by atoms with Gasteiger partial charge in [0.05, 0.1) is 12.9 Å². The number of hydrogen-bond donors (Lipinski definition) is 0. The van der Waals surface area contributed by atoms with Gasteiger partial charge in [0, 0.05) is 29.4 Å². The minimum atomic E-state index is 0.284. The summed E-state index contributed by atoms with van der Waals surface area (Å²) in [6, 6.07) is 8.29. The molecule has 0 amide bonds. The van der Waals surface area contributed by atoms with Gasteiger partial charge in [0.25, 0.3) is 0 Å². The fourth-order valence-corrected chi connectivity index (χ4v) is 2.50. The summed E-state index contributed by atoms with van der Waals surface area (Å²) in [5.41, 5.74) is 3.05. The molecule has 2 aliphatic rings. The van der Waals surface area contributed by atoms with E-state index in [1.54, 1.807) is 12.5 Å². The van der Waals surface area contributed by atoms with Gasteiger partial charge in [0.15, 0.2) is 0 Å². The quantitative estimate of drug-likeness (QED) is 0.480. The van der Waals surface area contributed by atoms with E-state index >= 15 is 0 Å². The van der Waals surface area contributed by atoms with Gasteiger partial charge in [0.1, 0.15) is 11.8 Å². The summed E-state index contributed by atoms with van der Waals surface area (Å²) >= 11 is 0. The van der Waals surface area contributed by atoms with Crippen LogP contribution in [0.1, 0.15) is 43.2 Å². The zero-order valence-corrected chi connectivity index (χ0v) is 13.7. The highest BCUT2D eigenvalue weighted by atomic mass is 16.6. The van der Waals surface area contributed by atoms with Crippen LogP contribution < -0.4 is 0 Å². The second kappa shape index (κ2) is 6.92. The number of benzene rings is 1. The second-order valence-electron chi connectivity index (χ2n) is 6.55. The lowest BCUT2D eigenvalue weighted by Gasteiger charge is -2.23. The Hall–Kier alpha value is -2.54. The molecule has 2 fully saturated rings. The zero-order valence-electron chi connectivity index (χ0n) is 13.7. The highest BCUT2D eigenvalue weighted by Gasteiger charge is 2.19. The molecule has 0 unspecified atom stereocenters. The van der Waals surface area contributed by atoms with Crippen molar-refractivity contribution in [2.24, 2.45) is 11.1 Å². The molecular weight excluding hydrogens is 298 g/mol. The topological polar surface area (TPSA) is 39.4 Å². The Balaban J connectivity index is 1.51. The zero-order chi connectivity index (χ0) is 16.2. The highest BCUT2D eigenvalue weighted by Crippen LogP contribution is 2.27. The molecule has 2 aromatic rings. The highest BCUT2D eigenvalue weighted by molar-refractivity contribution is 6.00. The molecule has 0 aliphatic heterocycles. The molecule has 0 N–H and O–H groups in total. The summed E-state index contributed by atoms with van der Waals surface area (Å²) in [6.07, 6.45) is 11.8. The van der Waals surface area contributed by atoms with Crippen molar-refractivity contribution in [2.45, 2.75) is 44.8 Å². The van der Waals surface area contributed by atoms with Crippen LogP contribution in [0.3, 0.4) is 0 Å². The third-order valence-corrected chi connectivity index (χ3v) is 4.47. The van der Waals surface area contributed by atoms with Crippen molar-refractivity contribution in [1.29, 1.82) is 0 Å². The van der Waals surface area contributed by atoms with E-state index in [4.69, 9.17) is 4.84 Å². The summed E-state index contributed by atoms with van der Waals surface area (Å²) in [6.45, 7) is 0.653. The number of imidazole rings is 1. The Morgan fingerprint density at radius 3 is 2.67 bits per heavy atom. The molecule has 4 rings (SSSR count). The third-order valence-electron chi connectivity index (χ3n) is 4.47. The van der Waals surface area contributed by atoms with E-state index in [0.717, 1.165) is 29.7 Å². The van der Waals surface area contributed by atoms with Gasteiger partial charge >= 0.3 is 0 Å². The molecule has 0 radical (unpaired) electrons. The fraction of sp³-hybridized carbons (Fsp3) is 0.400. The van der Waals surface area contributed by atoms with Gasteiger partial charge in [-0.3, -0.25) is 0 Å². The maximum absolute atomic E-state index is 5.69. The SMILES string of the molecule is C(#CC1CC1)c1ccc(/C(Cn2ccnc2)=N/OC2CCC2)cc1. The van der Waals surface area contributed by atoms with Crippen molar-refractivity contribution in [1.82, 2.24) is 9.55 Å². The van der Waals surface area contributed by atoms with Gasteiger partial charge in [0.2, 0.25) is 0 Å². The Morgan fingerprint density at radius 1 is 1.21 bits per heavy atom. The van der Waals surface area contributed by atoms with Crippen LogP contribution >= 0.6 is 0 Å². The molecule has 24 heavy (non-hydrogen) atoms. The first-order valence-electron chi connectivity index (χ1n) is 8.67. The monoisotopic (exact) mass is 319 g/mol. The number of rotatable bonds is 5. The minimum Gasteiger partial charge on any atom is -0.392 e. The van der Waals surface area contributed by atoms with Gasteiger partial charge in [-0.2, -0.15) is 0 Å². The Labute approximate surface area is 142 Å². The molecule has 1 heterocycles. The Kier molecular flexibility index (Phi) is 4.33. The minimum absolute atomic E-state index is 0.284. The van der Waals surface area contributed by atoms with Crippen molar-refractivity contribution < 1.29 is 4.84 Å². The molecule has 122 valence electrons. The van der Waals surface area contributed by atoms with Crippen LogP contribution in [-0.4, -0.2) is 21.4 Å². The van der Waals surface area contributed by atoms with E-state index < -0.39 is 0 Å². The first-order chi connectivity index (χ1) is 11.9. The summed E-state index contributed by atoms with van der Waals surface area (Å²) in [7, 11) is 0. The van der Waals surface area contributed by atoms with Crippen molar-refractivity contribution in [3.63, 3.8) is 0 Å². The van der Waals surface area contributed by atoms with Gasteiger partial charge in [-0.05, 0) is 44.2 Å². The first kappa shape index (κ1) is 15.0. The molecular formula is C20H21N3O. The van der Waals surface area contributed by atoms with Crippen LogP contribution in [-0.2, 0) is 11.4 Å². The van der Waals surface area contributed by atoms with Gasteiger partial charge < -0.3 is 9.40 Å². The third kappa shape index (κ3) is 3.86. The molecule has 0 bridgehead atoms. The van der Waals surface area contributed by atoms with E-state index in [-0.39, 0.29) is 6.10 Å². The predicted octanol–water partition coefficient (Wildman–Crippen LogP) is 3.62. The van der Waals surface area contributed by atoms with Gasteiger partial charge in [-0.1, -0.05) is 29.1 Å². The van der Waals surface area contributed by atoms with E-state index in [1.807, 2.05) is 10.8 Å². The van der Waals surface area contributed by atoms with Gasteiger partial charge in [-0.25, -0.2) is 4.98 Å². The van der Waals surface area contributed by atoms with Crippen molar-refractivity contribution >= 4 is 5.71 Å². The normalized spacial score (nSPS) is 17.8. The summed E-state index contributed by atoms with van der Waals surface area (Å²) < 4.78 is 2.00. The van der Waals surface area contributed by atoms with Crippen LogP contribution in [0.4, 0.5) is 0 Å². The van der Waals surface area contributed by atoms with E-state index in [1.165, 1.54) is 19.3 Å². The number of hydrogen-bond acceptors (Lipinski definition) is 3. The first-order valence-corrected chi connectivity index (χ1v) is 8.67. The molecule has 0 spiro atoms. The molecule has 4 heteroatoms. The number of oxime groups is 1. The van der Waals surface area contributed by atoms with E-state index in [9.17, 15) is 0 Å². The maximum Gasteiger partial charge on any atom is 0.127 e. The number of nitrogens with zero attached hydrogens (tertiary/aromatic N) is 3. The van der Waals surface area contributed by atoms with Crippen LogP contribution in [0.2, 0.25) is 0 Å². The Morgan fingerprint density at radius 2 is 2.04 bits per heavy atom. The lowest BCUT2D eigenvalue weighted by molar-refractivity contribution is 0.00573. The molecule has 0 saturated heterocycles. The fourth-order valence-electron chi connectivity index (χ4n) is 2.50. The largest absolute Gasteiger partial charge is 0.392 e. The van der Waals surface area contributed by atoms with Crippen LogP contribution in [0.15, 0.2) is 48.1 Å². The van der Waals surface area contributed by atoms with Crippen molar-refractivity contribution in [3.8, 4) is 11.8 Å². The lowest BCUT2D eigenvalue weighted by Crippen LogP contribution is -2.21. The second-order valence-corrected chi connectivity index (χ2v) is 6.55. The number of aromatic nitrogens is 2. The molecule has 4 nitrogen and oxygen atoms in total. The van der Waals surface area contributed by atoms with Crippen molar-refractivity contribution in [3.05, 3.63) is 54.1 Å². The van der Waals surface area contributed by atoms with Gasteiger partial charge in [-0.15, -0.1) is 0 Å². The smallest absolute Gasteiger partial charge is 0.127 e. The van der Waals surface area contributed by atoms with Crippen molar-refractivity contribution in [2.75, 3.05) is 0 Å². The van der Waals surface area contributed by atoms with Crippen LogP contribution in [0, 0.1) is 17.8 Å². The molecule has 1 aromatic carbocycles. The molecule has 1 aromatic heterocycles. The van der Waals surface area contributed by atoms with E-state index in [0.29, 0.717) is 12.5 Å². The van der Waals surface area contributed by atoms with Crippen LogP contribution in [0.5, 0.6) is 0 Å². The van der Waals surface area contributed by atoms with E-state index in [2.05, 4.69) is 46.2 Å². The Bertz CT molecular complexity index is 757. The summed E-state index contributed by atoms with van der Waals surface area (Å²) in [4.78, 5) is 9.79.